The standard InChI is InChI=1S/C22H23ClN6O/c1-14-7-8-19-16(11-14)17-12-27(2)10-9-20(17)29(19)21(30)13-28-25-22(24-26-28)15-5-3-4-6-18(15)23/h3-8,11,17,20H,9-10,12-13H2,1-2H3/t17-,20-/m1/s1. The van der Waals surface area contributed by atoms with E-state index in [-0.39, 0.29) is 18.5 Å². The normalized spacial score (nSPS) is 20.8. The van der Waals surface area contributed by atoms with E-state index < -0.39 is 0 Å². The van der Waals surface area contributed by atoms with Crippen LogP contribution < -0.4 is 4.90 Å². The van der Waals surface area contributed by atoms with Crippen LogP contribution in [0, 0.1) is 6.92 Å². The summed E-state index contributed by atoms with van der Waals surface area (Å²) in [7, 11) is 2.14. The molecule has 7 nitrogen and oxygen atoms in total. The summed E-state index contributed by atoms with van der Waals surface area (Å²) in [4.78, 5) is 19.0. The quantitative estimate of drug-likeness (QED) is 0.648. The fraction of sp³-hybridized carbons (Fsp3) is 0.364. The van der Waals surface area contributed by atoms with Crippen molar-refractivity contribution in [3.63, 3.8) is 0 Å². The molecule has 2 aliphatic rings. The van der Waals surface area contributed by atoms with Gasteiger partial charge in [-0.2, -0.15) is 4.80 Å². The van der Waals surface area contributed by atoms with Gasteiger partial charge >= 0.3 is 0 Å². The largest absolute Gasteiger partial charge is 0.307 e. The Morgan fingerprint density at radius 1 is 1.23 bits per heavy atom. The Morgan fingerprint density at radius 3 is 2.90 bits per heavy atom. The molecule has 8 heteroatoms. The lowest BCUT2D eigenvalue weighted by Crippen LogP contribution is -2.48. The Labute approximate surface area is 180 Å². The molecule has 1 aromatic heterocycles. The number of hydrogen-bond acceptors (Lipinski definition) is 5. The van der Waals surface area contributed by atoms with Crippen LogP contribution in [-0.2, 0) is 11.3 Å². The van der Waals surface area contributed by atoms with Crippen molar-refractivity contribution in [2.45, 2.75) is 31.8 Å². The number of anilines is 1. The number of likely N-dealkylation sites (tertiary alicyclic amines) is 1. The minimum Gasteiger partial charge on any atom is -0.307 e. The Balaban J connectivity index is 1.42. The number of aromatic nitrogens is 4. The van der Waals surface area contributed by atoms with Gasteiger partial charge in [0.05, 0.1) is 5.02 Å². The molecule has 3 heterocycles. The third-order valence-electron chi connectivity index (χ3n) is 6.07. The van der Waals surface area contributed by atoms with Crippen LogP contribution in [0.5, 0.6) is 0 Å². The van der Waals surface area contributed by atoms with Crippen molar-refractivity contribution in [1.82, 2.24) is 25.1 Å². The summed E-state index contributed by atoms with van der Waals surface area (Å²) in [5.41, 5.74) is 4.21. The summed E-state index contributed by atoms with van der Waals surface area (Å²) in [5.74, 6) is 0.744. The fourth-order valence-corrected chi connectivity index (χ4v) is 4.88. The molecule has 0 saturated carbocycles. The van der Waals surface area contributed by atoms with E-state index in [4.69, 9.17) is 11.6 Å². The third-order valence-corrected chi connectivity index (χ3v) is 6.40. The Bertz CT molecular complexity index is 1110. The van der Waals surface area contributed by atoms with Crippen molar-refractivity contribution in [1.29, 1.82) is 0 Å². The molecule has 0 bridgehead atoms. The van der Waals surface area contributed by atoms with Crippen LogP contribution >= 0.6 is 11.6 Å². The zero-order chi connectivity index (χ0) is 20.8. The summed E-state index contributed by atoms with van der Waals surface area (Å²) in [6.45, 7) is 4.09. The predicted molar refractivity (Wildman–Crippen MR) is 116 cm³/mol. The second kappa shape index (κ2) is 7.49. The van der Waals surface area contributed by atoms with Crippen LogP contribution in [0.4, 0.5) is 5.69 Å². The number of carbonyl (C=O) groups is 1. The van der Waals surface area contributed by atoms with E-state index in [1.165, 1.54) is 15.9 Å². The zero-order valence-corrected chi connectivity index (χ0v) is 17.8. The molecule has 0 N–H and O–H groups in total. The Hall–Kier alpha value is -2.77. The van der Waals surface area contributed by atoms with Gasteiger partial charge in [0.2, 0.25) is 5.82 Å². The number of likely N-dealkylation sites (N-methyl/N-ethyl adjacent to an activating group) is 1. The van der Waals surface area contributed by atoms with E-state index >= 15 is 0 Å². The first-order chi connectivity index (χ1) is 14.5. The van der Waals surface area contributed by atoms with Crippen LogP contribution in [0.15, 0.2) is 42.5 Å². The average Bonchev–Trinajstić information content (AvgIpc) is 3.30. The van der Waals surface area contributed by atoms with Gasteiger partial charge in [0, 0.05) is 29.8 Å². The SMILES string of the molecule is Cc1ccc2c(c1)[C@H]1CN(C)CC[C@H]1N2C(=O)Cn1nnc(-c2ccccc2Cl)n1. The zero-order valence-electron chi connectivity index (χ0n) is 17.0. The molecule has 154 valence electrons. The number of halogens is 1. The van der Waals surface area contributed by atoms with Gasteiger partial charge in [-0.1, -0.05) is 41.4 Å². The molecule has 1 amide bonds. The van der Waals surface area contributed by atoms with E-state index in [1.54, 1.807) is 6.07 Å². The molecule has 0 spiro atoms. The molecule has 1 saturated heterocycles. The molecular formula is C22H23ClN6O. The van der Waals surface area contributed by atoms with Crippen LogP contribution in [0.3, 0.4) is 0 Å². The van der Waals surface area contributed by atoms with Gasteiger partial charge in [-0.3, -0.25) is 4.79 Å². The average molecular weight is 423 g/mol. The Kier molecular flexibility index (Phi) is 4.79. The number of fused-ring (bicyclic) bond motifs is 3. The fourth-order valence-electron chi connectivity index (χ4n) is 4.66. The third kappa shape index (κ3) is 3.28. The molecule has 3 aromatic rings. The Morgan fingerprint density at radius 2 is 2.07 bits per heavy atom. The lowest BCUT2D eigenvalue weighted by Gasteiger charge is -2.36. The molecular weight excluding hydrogens is 400 g/mol. The summed E-state index contributed by atoms with van der Waals surface area (Å²) in [6, 6.07) is 13.9. The lowest BCUT2D eigenvalue weighted by molar-refractivity contribution is -0.120. The molecule has 0 aliphatic carbocycles. The molecule has 0 radical (unpaired) electrons. The monoisotopic (exact) mass is 422 g/mol. The van der Waals surface area contributed by atoms with Crippen LogP contribution in [0.1, 0.15) is 23.5 Å². The number of hydrogen-bond donors (Lipinski definition) is 0. The van der Waals surface area contributed by atoms with Crippen molar-refractivity contribution >= 4 is 23.2 Å². The van der Waals surface area contributed by atoms with Crippen molar-refractivity contribution < 1.29 is 4.79 Å². The molecule has 2 aliphatic heterocycles. The lowest BCUT2D eigenvalue weighted by atomic mass is 9.89. The summed E-state index contributed by atoms with van der Waals surface area (Å²) < 4.78 is 0. The van der Waals surface area contributed by atoms with Crippen molar-refractivity contribution in [3.8, 4) is 11.4 Å². The summed E-state index contributed by atoms with van der Waals surface area (Å²) in [5, 5.41) is 13.1. The van der Waals surface area contributed by atoms with Crippen molar-refractivity contribution in [2.75, 3.05) is 25.0 Å². The number of rotatable bonds is 3. The van der Waals surface area contributed by atoms with E-state index in [0.29, 0.717) is 22.3 Å². The second-order valence-corrected chi connectivity index (χ2v) is 8.58. The molecule has 2 aromatic carbocycles. The number of nitrogens with zero attached hydrogens (tertiary/aromatic N) is 6. The number of benzene rings is 2. The minimum absolute atomic E-state index is 0.0136. The van der Waals surface area contributed by atoms with E-state index in [0.717, 1.165) is 25.2 Å². The maximum Gasteiger partial charge on any atom is 0.250 e. The van der Waals surface area contributed by atoms with Crippen LogP contribution in [0.25, 0.3) is 11.4 Å². The highest BCUT2D eigenvalue weighted by molar-refractivity contribution is 6.33. The number of amides is 1. The van der Waals surface area contributed by atoms with Gasteiger partial charge in [0.15, 0.2) is 0 Å². The summed E-state index contributed by atoms with van der Waals surface area (Å²) in [6.07, 6.45) is 0.955. The topological polar surface area (TPSA) is 67.2 Å². The van der Waals surface area contributed by atoms with Crippen molar-refractivity contribution in [3.05, 3.63) is 58.6 Å². The van der Waals surface area contributed by atoms with Crippen LogP contribution in [0.2, 0.25) is 5.02 Å². The molecule has 2 atom stereocenters. The first-order valence-corrected chi connectivity index (χ1v) is 10.5. The number of aryl methyl sites for hydroxylation is 1. The summed E-state index contributed by atoms with van der Waals surface area (Å²) >= 11 is 6.24. The molecule has 30 heavy (non-hydrogen) atoms. The van der Waals surface area contributed by atoms with Gasteiger partial charge < -0.3 is 9.80 Å². The molecule has 0 unspecified atom stereocenters. The number of tetrazole rings is 1. The molecule has 5 rings (SSSR count). The van der Waals surface area contributed by atoms with E-state index in [1.807, 2.05) is 23.1 Å². The number of piperidine rings is 1. The molecule has 1 fully saturated rings. The smallest absolute Gasteiger partial charge is 0.250 e. The van der Waals surface area contributed by atoms with Gasteiger partial charge in [-0.25, -0.2) is 0 Å². The van der Waals surface area contributed by atoms with Crippen molar-refractivity contribution in [2.24, 2.45) is 0 Å². The maximum atomic E-state index is 13.4. The van der Waals surface area contributed by atoms with E-state index in [2.05, 4.69) is 52.5 Å². The highest BCUT2D eigenvalue weighted by Crippen LogP contribution is 2.45. The highest BCUT2D eigenvalue weighted by Gasteiger charge is 2.43. The van der Waals surface area contributed by atoms with Gasteiger partial charge in [-0.05, 0) is 55.9 Å². The maximum absolute atomic E-state index is 13.4. The van der Waals surface area contributed by atoms with E-state index in [9.17, 15) is 4.79 Å². The van der Waals surface area contributed by atoms with Gasteiger partial charge in [0.1, 0.15) is 6.54 Å². The van der Waals surface area contributed by atoms with Crippen LogP contribution in [-0.4, -0.2) is 57.2 Å². The predicted octanol–water partition coefficient (Wildman–Crippen LogP) is 3.14. The minimum atomic E-state index is -0.0136. The van der Waals surface area contributed by atoms with Gasteiger partial charge in [-0.15, -0.1) is 10.2 Å². The highest BCUT2D eigenvalue weighted by atomic mass is 35.5. The van der Waals surface area contributed by atoms with Gasteiger partial charge in [0.25, 0.3) is 5.91 Å². The first kappa shape index (κ1) is 19.2. The second-order valence-electron chi connectivity index (χ2n) is 8.17. The number of carbonyl (C=O) groups excluding carboxylic acids is 1. The first-order valence-electron chi connectivity index (χ1n) is 10.1.